The fraction of sp³-hybridized carbons (Fsp3) is 0.833. The van der Waals surface area contributed by atoms with Crippen LogP contribution in [0, 0.1) is 5.92 Å². The Balaban J connectivity index is 4.05. The summed E-state index contributed by atoms with van der Waals surface area (Å²) in [4.78, 5) is 10.2. The Morgan fingerprint density at radius 2 is 2.00 bits per heavy atom. The number of carboxylic acids is 1. The minimum Gasteiger partial charge on any atom is -0.481 e. The first-order chi connectivity index (χ1) is 5.37. The molecule has 72 valence electrons. The van der Waals surface area contributed by atoms with Crippen LogP contribution in [0.25, 0.3) is 0 Å². The van der Waals surface area contributed by atoms with Gasteiger partial charge in [0.25, 0.3) is 0 Å². The smallest absolute Gasteiger partial charge is 0.389 e. The van der Waals surface area contributed by atoms with E-state index in [1.165, 1.54) is 0 Å². The summed E-state index contributed by atoms with van der Waals surface area (Å²) in [6, 6.07) is 0. The monoisotopic (exact) mass is 185 g/mol. The summed E-state index contributed by atoms with van der Waals surface area (Å²) in [5.74, 6) is -2.85. The summed E-state index contributed by atoms with van der Waals surface area (Å²) >= 11 is 0. The SMILES string of the molecule is NCCC(CC(F)(F)F)C(=O)O. The van der Waals surface area contributed by atoms with Gasteiger partial charge in [-0.05, 0) is 13.0 Å². The topological polar surface area (TPSA) is 63.3 Å². The van der Waals surface area contributed by atoms with Crippen molar-refractivity contribution in [3.63, 3.8) is 0 Å². The molecule has 0 bridgehead atoms. The fourth-order valence-corrected chi connectivity index (χ4v) is 0.793. The molecule has 3 nitrogen and oxygen atoms in total. The van der Waals surface area contributed by atoms with E-state index in [1.54, 1.807) is 0 Å². The molecular weight excluding hydrogens is 175 g/mol. The Bertz CT molecular complexity index is 157. The molecule has 0 saturated carbocycles. The van der Waals surface area contributed by atoms with Crippen molar-refractivity contribution in [3.8, 4) is 0 Å². The molecule has 0 rings (SSSR count). The van der Waals surface area contributed by atoms with E-state index in [4.69, 9.17) is 10.8 Å². The van der Waals surface area contributed by atoms with Gasteiger partial charge in [0.05, 0.1) is 12.3 Å². The largest absolute Gasteiger partial charge is 0.481 e. The summed E-state index contributed by atoms with van der Waals surface area (Å²) in [6.45, 7) is -0.0486. The molecule has 0 saturated heterocycles. The lowest BCUT2D eigenvalue weighted by atomic mass is 10.0. The van der Waals surface area contributed by atoms with Gasteiger partial charge < -0.3 is 10.8 Å². The maximum atomic E-state index is 11.7. The molecule has 0 aliphatic heterocycles. The third-order valence-corrected chi connectivity index (χ3v) is 1.34. The van der Waals surface area contributed by atoms with Crippen LogP contribution in [0.5, 0.6) is 0 Å². The lowest BCUT2D eigenvalue weighted by Crippen LogP contribution is -2.24. The van der Waals surface area contributed by atoms with E-state index in [0.717, 1.165) is 0 Å². The highest BCUT2D eigenvalue weighted by Gasteiger charge is 2.34. The van der Waals surface area contributed by atoms with Crippen LogP contribution in [0.1, 0.15) is 12.8 Å². The predicted octanol–water partition coefficient (Wildman–Crippen LogP) is 0.988. The van der Waals surface area contributed by atoms with E-state index in [0.29, 0.717) is 0 Å². The van der Waals surface area contributed by atoms with E-state index in [1.807, 2.05) is 0 Å². The number of hydrogen-bond acceptors (Lipinski definition) is 2. The minimum absolute atomic E-state index is 0.0486. The summed E-state index contributed by atoms with van der Waals surface area (Å²) in [5.41, 5.74) is 4.96. The molecule has 0 aliphatic rings. The Hall–Kier alpha value is -0.780. The van der Waals surface area contributed by atoms with Crippen molar-refractivity contribution in [1.29, 1.82) is 0 Å². The summed E-state index contributed by atoms with van der Waals surface area (Å²) in [5, 5.41) is 8.31. The van der Waals surface area contributed by atoms with E-state index in [-0.39, 0.29) is 13.0 Å². The third kappa shape index (κ3) is 4.95. The number of alkyl halides is 3. The van der Waals surface area contributed by atoms with Gasteiger partial charge in [-0.2, -0.15) is 13.2 Å². The molecule has 0 spiro atoms. The zero-order chi connectivity index (χ0) is 9.78. The van der Waals surface area contributed by atoms with Crippen LogP contribution < -0.4 is 5.73 Å². The Morgan fingerprint density at radius 3 is 2.25 bits per heavy atom. The molecule has 1 atom stereocenters. The Morgan fingerprint density at radius 1 is 1.50 bits per heavy atom. The molecule has 0 aliphatic carbocycles. The Labute approximate surface area is 67.4 Å². The second-order valence-electron chi connectivity index (χ2n) is 2.43. The first kappa shape index (κ1) is 11.2. The van der Waals surface area contributed by atoms with E-state index < -0.39 is 24.5 Å². The quantitative estimate of drug-likeness (QED) is 0.686. The zero-order valence-corrected chi connectivity index (χ0v) is 6.27. The molecule has 6 heteroatoms. The van der Waals surface area contributed by atoms with Crippen molar-refractivity contribution in [2.24, 2.45) is 11.7 Å². The summed E-state index contributed by atoms with van der Waals surface area (Å²) in [6.07, 6.45) is -5.88. The first-order valence-electron chi connectivity index (χ1n) is 3.36. The molecule has 1 unspecified atom stereocenters. The van der Waals surface area contributed by atoms with Crippen LogP contribution in [-0.2, 0) is 4.79 Å². The highest BCUT2D eigenvalue weighted by Crippen LogP contribution is 2.26. The van der Waals surface area contributed by atoms with Crippen LogP contribution in [0.2, 0.25) is 0 Å². The lowest BCUT2D eigenvalue weighted by molar-refractivity contribution is -0.163. The van der Waals surface area contributed by atoms with E-state index in [9.17, 15) is 18.0 Å². The van der Waals surface area contributed by atoms with Crippen molar-refractivity contribution in [1.82, 2.24) is 0 Å². The Kier molecular flexibility index (Phi) is 4.02. The van der Waals surface area contributed by atoms with E-state index in [2.05, 4.69) is 0 Å². The predicted molar refractivity (Wildman–Crippen MR) is 35.5 cm³/mol. The van der Waals surface area contributed by atoms with Crippen LogP contribution in [0.3, 0.4) is 0 Å². The van der Waals surface area contributed by atoms with Gasteiger partial charge in [0.1, 0.15) is 0 Å². The third-order valence-electron chi connectivity index (χ3n) is 1.34. The molecule has 0 aromatic heterocycles. The van der Waals surface area contributed by atoms with Gasteiger partial charge in [-0.25, -0.2) is 0 Å². The zero-order valence-electron chi connectivity index (χ0n) is 6.27. The molecule has 0 heterocycles. The normalized spacial score (nSPS) is 14.3. The average molecular weight is 185 g/mol. The number of rotatable bonds is 4. The van der Waals surface area contributed by atoms with Gasteiger partial charge in [-0.1, -0.05) is 0 Å². The van der Waals surface area contributed by atoms with Gasteiger partial charge >= 0.3 is 12.1 Å². The first-order valence-corrected chi connectivity index (χ1v) is 3.36. The van der Waals surface area contributed by atoms with Gasteiger partial charge in [-0.3, -0.25) is 4.79 Å². The van der Waals surface area contributed by atoms with Crippen molar-refractivity contribution in [2.75, 3.05) is 6.54 Å². The number of hydrogen-bond donors (Lipinski definition) is 2. The van der Waals surface area contributed by atoms with Gasteiger partial charge in [0, 0.05) is 0 Å². The van der Waals surface area contributed by atoms with E-state index >= 15 is 0 Å². The number of aliphatic carboxylic acids is 1. The molecule has 0 radical (unpaired) electrons. The molecule has 0 fully saturated rings. The molecule has 0 amide bonds. The van der Waals surface area contributed by atoms with Crippen molar-refractivity contribution in [2.45, 2.75) is 19.0 Å². The van der Waals surface area contributed by atoms with Crippen molar-refractivity contribution < 1.29 is 23.1 Å². The standard InChI is InChI=1S/C6H10F3NO2/c7-6(8,9)3-4(1-2-10)5(11)12/h4H,1-3,10H2,(H,11,12). The molecule has 3 N–H and O–H groups in total. The average Bonchev–Trinajstić information content (AvgIpc) is 1.83. The lowest BCUT2D eigenvalue weighted by Gasteiger charge is -2.12. The maximum Gasteiger partial charge on any atom is 0.389 e. The van der Waals surface area contributed by atoms with Crippen molar-refractivity contribution in [3.05, 3.63) is 0 Å². The second-order valence-corrected chi connectivity index (χ2v) is 2.43. The molecule has 0 aromatic rings. The molecular formula is C6H10F3NO2. The number of halogens is 3. The summed E-state index contributed by atoms with van der Waals surface area (Å²) in [7, 11) is 0. The van der Waals surface area contributed by atoms with Crippen LogP contribution in [-0.4, -0.2) is 23.8 Å². The molecule has 0 aromatic carbocycles. The maximum absolute atomic E-state index is 11.7. The van der Waals surface area contributed by atoms with Gasteiger partial charge in [-0.15, -0.1) is 0 Å². The van der Waals surface area contributed by atoms with Crippen molar-refractivity contribution >= 4 is 5.97 Å². The number of carbonyl (C=O) groups is 1. The minimum atomic E-state index is -4.43. The number of nitrogens with two attached hydrogens (primary N) is 1. The second kappa shape index (κ2) is 4.30. The van der Waals surface area contributed by atoms with Crippen LogP contribution in [0.15, 0.2) is 0 Å². The van der Waals surface area contributed by atoms with Gasteiger partial charge in [0.15, 0.2) is 0 Å². The highest BCUT2D eigenvalue weighted by atomic mass is 19.4. The van der Waals surface area contributed by atoms with Crippen LogP contribution >= 0.6 is 0 Å². The highest BCUT2D eigenvalue weighted by molar-refractivity contribution is 5.69. The number of carboxylic acid groups (broad SMARTS) is 1. The fourth-order valence-electron chi connectivity index (χ4n) is 0.793. The molecule has 12 heavy (non-hydrogen) atoms. The van der Waals surface area contributed by atoms with Gasteiger partial charge in [0.2, 0.25) is 0 Å². The summed E-state index contributed by atoms with van der Waals surface area (Å²) < 4.78 is 35.1. The van der Waals surface area contributed by atoms with Crippen LogP contribution in [0.4, 0.5) is 13.2 Å².